The minimum atomic E-state index is 1.11. The molecule has 0 aromatic rings. The largest absolute Gasteiger partial charge is 0.0882 e. The van der Waals surface area contributed by atoms with Crippen LogP contribution in [0, 0.1) is 6.08 Å². The lowest BCUT2D eigenvalue weighted by molar-refractivity contribution is 0.830. The van der Waals surface area contributed by atoms with Crippen molar-refractivity contribution in [1.82, 2.24) is 0 Å². The van der Waals surface area contributed by atoms with Crippen molar-refractivity contribution in [3.8, 4) is 0 Å². The van der Waals surface area contributed by atoms with E-state index in [2.05, 4.69) is 36.5 Å². The molecule has 0 aliphatic heterocycles. The number of rotatable bonds is 0. The highest BCUT2D eigenvalue weighted by Crippen LogP contribution is 2.03. The van der Waals surface area contributed by atoms with Crippen LogP contribution in [0.2, 0.25) is 0 Å². The average molecular weight is 175 g/mol. The van der Waals surface area contributed by atoms with Gasteiger partial charge >= 0.3 is 0 Å². The molecule has 0 N–H and O–H groups in total. The second kappa shape index (κ2) is 7.85. The van der Waals surface area contributed by atoms with E-state index in [9.17, 15) is 0 Å². The summed E-state index contributed by atoms with van der Waals surface area (Å²) in [5.74, 6) is 0. The molecule has 0 saturated carbocycles. The van der Waals surface area contributed by atoms with Crippen molar-refractivity contribution in [2.75, 3.05) is 0 Å². The molecule has 1 radical (unpaired) electrons. The first-order chi connectivity index (χ1) is 6.50. The molecule has 0 aromatic heterocycles. The van der Waals surface area contributed by atoms with Crippen LogP contribution in [0.5, 0.6) is 0 Å². The van der Waals surface area contributed by atoms with E-state index in [1.807, 2.05) is 0 Å². The SMILES string of the molecule is [C]1=C/CCC/C=C\C/C=C\CCC/1. The third kappa shape index (κ3) is 6.39. The molecule has 0 atom stereocenters. The van der Waals surface area contributed by atoms with Gasteiger partial charge in [0.2, 0.25) is 0 Å². The van der Waals surface area contributed by atoms with Crippen molar-refractivity contribution >= 4 is 0 Å². The molecule has 0 heteroatoms. The molecule has 0 amide bonds. The van der Waals surface area contributed by atoms with Crippen molar-refractivity contribution in [3.63, 3.8) is 0 Å². The zero-order valence-electron chi connectivity index (χ0n) is 8.34. The zero-order valence-corrected chi connectivity index (χ0v) is 8.34. The standard InChI is InChI=1S/C13H19/c1-2-4-6-8-10-12-13-11-9-7-5-3-1/h1-2,5,7,10H,3-4,6,8-9,11,13H2/b2-1-,7-5-,12-10?. The number of allylic oxidation sites excluding steroid dienone is 6. The molecule has 1 rings (SSSR count). The molecule has 13 heavy (non-hydrogen) atoms. The first-order valence-corrected chi connectivity index (χ1v) is 5.35. The summed E-state index contributed by atoms with van der Waals surface area (Å²) in [4.78, 5) is 0. The van der Waals surface area contributed by atoms with Gasteiger partial charge in [-0.15, -0.1) is 0 Å². The van der Waals surface area contributed by atoms with Crippen molar-refractivity contribution in [2.45, 2.75) is 44.9 Å². The average Bonchev–Trinajstić information content (AvgIpc) is 2.18. The molecule has 0 spiro atoms. The summed E-state index contributed by atoms with van der Waals surface area (Å²) in [5, 5.41) is 0. The molecule has 1 aliphatic carbocycles. The van der Waals surface area contributed by atoms with E-state index in [0.717, 1.165) is 12.8 Å². The van der Waals surface area contributed by atoms with Crippen molar-refractivity contribution < 1.29 is 0 Å². The molecular weight excluding hydrogens is 156 g/mol. The summed E-state index contributed by atoms with van der Waals surface area (Å²) < 4.78 is 0. The van der Waals surface area contributed by atoms with E-state index < -0.39 is 0 Å². The normalized spacial score (nSPS) is 27.7. The topological polar surface area (TPSA) is 0 Å². The lowest BCUT2D eigenvalue weighted by atomic mass is 10.2. The predicted octanol–water partition coefficient (Wildman–Crippen LogP) is 4.20. The highest BCUT2D eigenvalue weighted by atomic mass is 13.9. The second-order valence-electron chi connectivity index (χ2n) is 3.41. The Hall–Kier alpha value is -0.780. The molecule has 0 heterocycles. The molecule has 0 aromatic carbocycles. The number of hydrogen-bond donors (Lipinski definition) is 0. The molecule has 0 saturated heterocycles. The van der Waals surface area contributed by atoms with E-state index in [4.69, 9.17) is 0 Å². The molecule has 1 aliphatic rings. The summed E-state index contributed by atoms with van der Waals surface area (Å²) in [6, 6.07) is 0. The summed E-state index contributed by atoms with van der Waals surface area (Å²) in [5.41, 5.74) is 0. The van der Waals surface area contributed by atoms with Gasteiger partial charge in [0.25, 0.3) is 0 Å². The Morgan fingerprint density at radius 1 is 0.769 bits per heavy atom. The molecule has 0 unspecified atom stereocenters. The maximum Gasteiger partial charge on any atom is -0.0169 e. The fraction of sp³-hybridized carbons (Fsp3) is 0.538. The van der Waals surface area contributed by atoms with Crippen LogP contribution in [-0.2, 0) is 0 Å². The van der Waals surface area contributed by atoms with Gasteiger partial charge < -0.3 is 0 Å². The lowest BCUT2D eigenvalue weighted by Gasteiger charge is -1.90. The molecule has 71 valence electrons. The fourth-order valence-corrected chi connectivity index (χ4v) is 1.37. The summed E-state index contributed by atoms with van der Waals surface area (Å²) >= 11 is 0. The number of hydrogen-bond acceptors (Lipinski definition) is 0. The second-order valence-corrected chi connectivity index (χ2v) is 3.41. The lowest BCUT2D eigenvalue weighted by Crippen LogP contribution is -1.71. The van der Waals surface area contributed by atoms with Gasteiger partial charge in [0, 0.05) is 0 Å². The van der Waals surface area contributed by atoms with Crippen LogP contribution in [0.3, 0.4) is 0 Å². The van der Waals surface area contributed by atoms with Gasteiger partial charge in [-0.1, -0.05) is 30.4 Å². The van der Waals surface area contributed by atoms with Crippen LogP contribution in [0.25, 0.3) is 0 Å². The predicted molar refractivity (Wildman–Crippen MR) is 58.4 cm³/mol. The molecular formula is C13H19. The Labute approximate surface area is 82.0 Å². The van der Waals surface area contributed by atoms with E-state index in [1.165, 1.54) is 32.1 Å². The summed E-state index contributed by atoms with van der Waals surface area (Å²) in [6.07, 6.45) is 23.0. The highest BCUT2D eigenvalue weighted by Gasteiger charge is 1.84. The van der Waals surface area contributed by atoms with E-state index in [1.54, 1.807) is 0 Å². The van der Waals surface area contributed by atoms with Gasteiger partial charge in [-0.3, -0.25) is 0 Å². The molecule has 0 bridgehead atoms. The highest BCUT2D eigenvalue weighted by molar-refractivity contribution is 4.93. The third-order valence-electron chi connectivity index (χ3n) is 2.16. The van der Waals surface area contributed by atoms with Gasteiger partial charge in [-0.05, 0) is 51.0 Å². The maximum absolute atomic E-state index is 3.34. The van der Waals surface area contributed by atoms with Gasteiger partial charge in [0.15, 0.2) is 0 Å². The Balaban J connectivity index is 2.27. The zero-order chi connectivity index (χ0) is 9.19. The van der Waals surface area contributed by atoms with E-state index in [0.29, 0.717) is 0 Å². The van der Waals surface area contributed by atoms with E-state index in [-0.39, 0.29) is 0 Å². The maximum atomic E-state index is 3.34. The van der Waals surface area contributed by atoms with Gasteiger partial charge in [0.1, 0.15) is 0 Å². The smallest absolute Gasteiger partial charge is 0.0169 e. The third-order valence-corrected chi connectivity index (χ3v) is 2.16. The van der Waals surface area contributed by atoms with Crippen LogP contribution >= 0.6 is 0 Å². The molecule has 0 nitrogen and oxygen atoms in total. The quantitative estimate of drug-likeness (QED) is 0.484. The first kappa shape index (κ1) is 10.3. The first-order valence-electron chi connectivity index (χ1n) is 5.35. The fourth-order valence-electron chi connectivity index (χ4n) is 1.37. The van der Waals surface area contributed by atoms with Crippen LogP contribution in [-0.4, -0.2) is 0 Å². The summed E-state index contributed by atoms with van der Waals surface area (Å²) in [6.45, 7) is 0. The van der Waals surface area contributed by atoms with Crippen LogP contribution in [0.1, 0.15) is 44.9 Å². The van der Waals surface area contributed by atoms with Crippen LogP contribution < -0.4 is 0 Å². The summed E-state index contributed by atoms with van der Waals surface area (Å²) in [7, 11) is 0. The van der Waals surface area contributed by atoms with Crippen molar-refractivity contribution in [1.29, 1.82) is 0 Å². The van der Waals surface area contributed by atoms with Crippen LogP contribution in [0.15, 0.2) is 30.4 Å². The van der Waals surface area contributed by atoms with Gasteiger partial charge in [-0.2, -0.15) is 0 Å². The minimum Gasteiger partial charge on any atom is -0.0882 e. The van der Waals surface area contributed by atoms with E-state index >= 15 is 0 Å². The Morgan fingerprint density at radius 2 is 1.54 bits per heavy atom. The van der Waals surface area contributed by atoms with Gasteiger partial charge in [0.05, 0.1) is 0 Å². The Morgan fingerprint density at radius 3 is 2.38 bits per heavy atom. The van der Waals surface area contributed by atoms with Crippen molar-refractivity contribution in [2.24, 2.45) is 0 Å². The van der Waals surface area contributed by atoms with Gasteiger partial charge in [-0.25, -0.2) is 0 Å². The monoisotopic (exact) mass is 175 g/mol. The van der Waals surface area contributed by atoms with Crippen molar-refractivity contribution in [3.05, 3.63) is 36.5 Å². The minimum absolute atomic E-state index is 1.11. The molecule has 0 fully saturated rings. The Kier molecular flexibility index (Phi) is 6.22. The van der Waals surface area contributed by atoms with Crippen LogP contribution in [0.4, 0.5) is 0 Å². The Bertz CT molecular complexity index is 164.